The highest BCUT2D eigenvalue weighted by atomic mass is 16.6. The molecule has 20 heavy (non-hydrogen) atoms. The molecule has 0 saturated carbocycles. The molecule has 110 valence electrons. The van der Waals surface area contributed by atoms with Gasteiger partial charge in [0.05, 0.1) is 12.5 Å². The Balaban J connectivity index is 1.81. The molecule has 0 amide bonds. The Kier molecular flexibility index (Phi) is 4.81. The minimum atomic E-state index is -0.177. The summed E-state index contributed by atoms with van der Waals surface area (Å²) in [6.45, 7) is 7.71. The number of carbonyl (C=O) groups excluding carboxylic acids is 1. The molecule has 1 atom stereocenters. The van der Waals surface area contributed by atoms with Gasteiger partial charge >= 0.3 is 5.97 Å². The lowest BCUT2D eigenvalue weighted by atomic mass is 9.86. The van der Waals surface area contributed by atoms with E-state index < -0.39 is 0 Å². The molecule has 2 rings (SSSR count). The van der Waals surface area contributed by atoms with E-state index in [1.54, 1.807) is 0 Å². The largest absolute Gasteiger partial charge is 0.463 e. The van der Waals surface area contributed by atoms with Gasteiger partial charge in [-0.25, -0.2) is 0 Å². The molecule has 0 aromatic heterocycles. The van der Waals surface area contributed by atoms with Crippen LogP contribution in [0.25, 0.3) is 0 Å². The fourth-order valence-electron chi connectivity index (χ4n) is 2.30. The first-order valence-electron chi connectivity index (χ1n) is 7.32. The van der Waals surface area contributed by atoms with Gasteiger partial charge in [-0.3, -0.25) is 4.79 Å². The van der Waals surface area contributed by atoms with E-state index in [1.807, 2.05) is 12.1 Å². The second-order valence-electron chi connectivity index (χ2n) is 6.44. The lowest BCUT2D eigenvalue weighted by Crippen LogP contribution is -2.19. The maximum absolute atomic E-state index is 11.8. The van der Waals surface area contributed by atoms with Crippen LogP contribution in [0.2, 0.25) is 0 Å². The zero-order valence-corrected chi connectivity index (χ0v) is 12.6. The van der Waals surface area contributed by atoms with Crippen molar-refractivity contribution in [3.63, 3.8) is 0 Å². The molecule has 1 heterocycles. The first-order chi connectivity index (χ1) is 9.45. The number of ether oxygens (including phenoxy) is 2. The molecular formula is C17H24O3. The molecule has 1 saturated heterocycles. The minimum absolute atomic E-state index is 0.0993. The SMILES string of the molecule is CC(C)(C)c1ccc(CC(=O)OCC2CCCO2)cc1. The van der Waals surface area contributed by atoms with Gasteiger partial charge in [-0.1, -0.05) is 45.0 Å². The number of benzene rings is 1. The van der Waals surface area contributed by atoms with Crippen molar-refractivity contribution < 1.29 is 14.3 Å². The Morgan fingerprint density at radius 1 is 1.30 bits per heavy atom. The van der Waals surface area contributed by atoms with Crippen LogP contribution in [0, 0.1) is 0 Å². The lowest BCUT2D eigenvalue weighted by molar-refractivity contribution is -0.146. The second-order valence-corrected chi connectivity index (χ2v) is 6.44. The van der Waals surface area contributed by atoms with Gasteiger partial charge in [0.1, 0.15) is 6.61 Å². The third-order valence-electron chi connectivity index (χ3n) is 3.62. The average Bonchev–Trinajstić information content (AvgIpc) is 2.89. The Bertz CT molecular complexity index is 436. The molecule has 0 radical (unpaired) electrons. The third kappa shape index (κ3) is 4.34. The highest BCUT2D eigenvalue weighted by molar-refractivity contribution is 5.72. The Morgan fingerprint density at radius 2 is 2.00 bits per heavy atom. The molecule has 0 N–H and O–H groups in total. The zero-order valence-electron chi connectivity index (χ0n) is 12.6. The summed E-state index contributed by atoms with van der Waals surface area (Å²) in [6, 6.07) is 8.19. The van der Waals surface area contributed by atoms with Crippen LogP contribution in [-0.4, -0.2) is 25.3 Å². The van der Waals surface area contributed by atoms with Gasteiger partial charge in [-0.2, -0.15) is 0 Å². The molecular weight excluding hydrogens is 252 g/mol. The van der Waals surface area contributed by atoms with E-state index in [4.69, 9.17) is 9.47 Å². The van der Waals surface area contributed by atoms with Crippen LogP contribution in [0.5, 0.6) is 0 Å². The third-order valence-corrected chi connectivity index (χ3v) is 3.62. The van der Waals surface area contributed by atoms with Crippen molar-refractivity contribution in [3.05, 3.63) is 35.4 Å². The monoisotopic (exact) mass is 276 g/mol. The van der Waals surface area contributed by atoms with Crippen LogP contribution in [0.15, 0.2) is 24.3 Å². The van der Waals surface area contributed by atoms with Crippen LogP contribution >= 0.6 is 0 Å². The average molecular weight is 276 g/mol. The maximum Gasteiger partial charge on any atom is 0.310 e. The number of hydrogen-bond acceptors (Lipinski definition) is 3. The molecule has 1 fully saturated rings. The standard InChI is InChI=1S/C17H24O3/c1-17(2,3)14-8-6-13(7-9-14)11-16(18)20-12-15-5-4-10-19-15/h6-9,15H,4-5,10-12H2,1-3H3. The highest BCUT2D eigenvalue weighted by Crippen LogP contribution is 2.22. The van der Waals surface area contributed by atoms with Crippen LogP contribution < -0.4 is 0 Å². The Hall–Kier alpha value is -1.35. The van der Waals surface area contributed by atoms with Gasteiger partial charge in [0.2, 0.25) is 0 Å². The summed E-state index contributed by atoms with van der Waals surface area (Å²) in [7, 11) is 0. The summed E-state index contributed by atoms with van der Waals surface area (Å²) in [5, 5.41) is 0. The van der Waals surface area contributed by atoms with E-state index in [-0.39, 0.29) is 17.5 Å². The molecule has 0 aliphatic carbocycles. The van der Waals surface area contributed by atoms with Crippen LogP contribution in [0.3, 0.4) is 0 Å². The maximum atomic E-state index is 11.8. The summed E-state index contributed by atoms with van der Waals surface area (Å²) in [4.78, 5) is 11.8. The van der Waals surface area contributed by atoms with E-state index in [9.17, 15) is 4.79 Å². The van der Waals surface area contributed by atoms with Crippen molar-refractivity contribution in [2.24, 2.45) is 0 Å². The van der Waals surface area contributed by atoms with Crippen LogP contribution in [0.4, 0.5) is 0 Å². The highest BCUT2D eigenvalue weighted by Gasteiger charge is 2.18. The van der Waals surface area contributed by atoms with Gasteiger partial charge in [-0.15, -0.1) is 0 Å². The molecule has 1 aliphatic rings. The molecule has 1 unspecified atom stereocenters. The summed E-state index contributed by atoms with van der Waals surface area (Å²) < 4.78 is 10.7. The van der Waals surface area contributed by atoms with Gasteiger partial charge < -0.3 is 9.47 Å². The quantitative estimate of drug-likeness (QED) is 0.792. The Morgan fingerprint density at radius 3 is 2.55 bits per heavy atom. The van der Waals surface area contributed by atoms with E-state index in [0.29, 0.717) is 13.0 Å². The predicted octanol–water partition coefficient (Wildman–Crippen LogP) is 3.25. The van der Waals surface area contributed by atoms with Gasteiger partial charge in [-0.05, 0) is 29.4 Å². The van der Waals surface area contributed by atoms with Crippen LogP contribution in [0.1, 0.15) is 44.7 Å². The number of carbonyl (C=O) groups is 1. The van der Waals surface area contributed by atoms with E-state index in [1.165, 1.54) is 5.56 Å². The number of rotatable bonds is 4. The van der Waals surface area contributed by atoms with E-state index in [0.717, 1.165) is 25.0 Å². The fraction of sp³-hybridized carbons (Fsp3) is 0.588. The first kappa shape index (κ1) is 15.0. The van der Waals surface area contributed by atoms with Gasteiger partial charge in [0, 0.05) is 6.61 Å². The molecule has 1 aliphatic heterocycles. The van der Waals surface area contributed by atoms with Crippen LogP contribution in [-0.2, 0) is 26.1 Å². The second kappa shape index (κ2) is 6.40. The Labute approximate surface area is 121 Å². The predicted molar refractivity (Wildman–Crippen MR) is 78.8 cm³/mol. The summed E-state index contributed by atoms with van der Waals surface area (Å²) in [5.41, 5.74) is 2.41. The van der Waals surface area contributed by atoms with Crippen molar-refractivity contribution in [1.29, 1.82) is 0 Å². The molecule has 0 bridgehead atoms. The molecule has 1 aromatic carbocycles. The number of esters is 1. The van der Waals surface area contributed by atoms with Crippen molar-refractivity contribution in [2.75, 3.05) is 13.2 Å². The minimum Gasteiger partial charge on any atom is -0.463 e. The molecule has 0 spiro atoms. The van der Waals surface area contributed by atoms with E-state index in [2.05, 4.69) is 32.9 Å². The molecule has 3 heteroatoms. The summed E-state index contributed by atoms with van der Waals surface area (Å²) in [6.07, 6.45) is 2.49. The smallest absolute Gasteiger partial charge is 0.310 e. The summed E-state index contributed by atoms with van der Waals surface area (Å²) in [5.74, 6) is -0.177. The molecule has 1 aromatic rings. The normalized spacial score (nSPS) is 19.1. The number of hydrogen-bond donors (Lipinski definition) is 0. The van der Waals surface area contributed by atoms with Crippen molar-refractivity contribution in [3.8, 4) is 0 Å². The summed E-state index contributed by atoms with van der Waals surface area (Å²) >= 11 is 0. The fourth-order valence-corrected chi connectivity index (χ4v) is 2.30. The first-order valence-corrected chi connectivity index (χ1v) is 7.32. The molecule has 3 nitrogen and oxygen atoms in total. The van der Waals surface area contributed by atoms with Crippen molar-refractivity contribution in [1.82, 2.24) is 0 Å². The van der Waals surface area contributed by atoms with Crippen molar-refractivity contribution in [2.45, 2.75) is 51.6 Å². The topological polar surface area (TPSA) is 35.5 Å². The van der Waals surface area contributed by atoms with Crippen molar-refractivity contribution >= 4 is 5.97 Å². The van der Waals surface area contributed by atoms with Gasteiger partial charge in [0.25, 0.3) is 0 Å². The van der Waals surface area contributed by atoms with E-state index >= 15 is 0 Å². The lowest BCUT2D eigenvalue weighted by Gasteiger charge is -2.19. The zero-order chi connectivity index (χ0) is 14.6. The van der Waals surface area contributed by atoms with Gasteiger partial charge in [0.15, 0.2) is 0 Å².